The predicted octanol–water partition coefficient (Wildman–Crippen LogP) is 1.07. The highest BCUT2D eigenvalue weighted by molar-refractivity contribution is 7.92. The third kappa shape index (κ3) is 3.52. The number of nitrogens with zero attached hydrogens (tertiary/aromatic N) is 1. The molecule has 0 aromatic heterocycles. The predicted molar refractivity (Wildman–Crippen MR) is 79.1 cm³/mol. The van der Waals surface area contributed by atoms with Gasteiger partial charge < -0.3 is 10.6 Å². The van der Waals surface area contributed by atoms with Crippen LogP contribution in [0.5, 0.6) is 0 Å². The van der Waals surface area contributed by atoms with Gasteiger partial charge in [0.1, 0.15) is 5.25 Å². The van der Waals surface area contributed by atoms with Crippen molar-refractivity contribution in [3.8, 4) is 0 Å². The first-order valence-corrected chi connectivity index (χ1v) is 9.50. The SMILES string of the molecule is NCCN(C(=O)C1CCCCS1(=O)=O)C1CCCCC1. The minimum Gasteiger partial charge on any atom is -0.337 e. The van der Waals surface area contributed by atoms with Crippen LogP contribution >= 0.6 is 0 Å². The van der Waals surface area contributed by atoms with E-state index in [0.717, 1.165) is 32.1 Å². The molecule has 1 aliphatic heterocycles. The Kier molecular flexibility index (Phi) is 5.43. The zero-order valence-electron chi connectivity index (χ0n) is 12.1. The van der Waals surface area contributed by atoms with Crippen LogP contribution < -0.4 is 5.73 Å². The molecule has 0 bridgehead atoms. The standard InChI is InChI=1S/C14H26N2O3S/c15-9-10-16(12-6-2-1-3-7-12)14(17)13-8-4-5-11-20(13,18)19/h12-13H,1-11,15H2. The lowest BCUT2D eigenvalue weighted by Crippen LogP contribution is -2.51. The van der Waals surface area contributed by atoms with Crippen molar-refractivity contribution in [1.29, 1.82) is 0 Å². The molecule has 0 radical (unpaired) electrons. The molecule has 2 rings (SSSR count). The number of carbonyl (C=O) groups is 1. The van der Waals surface area contributed by atoms with E-state index in [1.165, 1.54) is 6.42 Å². The average Bonchev–Trinajstić information content (AvgIpc) is 2.44. The third-order valence-electron chi connectivity index (χ3n) is 4.52. The summed E-state index contributed by atoms with van der Waals surface area (Å²) in [7, 11) is -3.26. The third-order valence-corrected chi connectivity index (χ3v) is 6.68. The summed E-state index contributed by atoms with van der Waals surface area (Å²) in [6.45, 7) is 0.879. The Balaban J connectivity index is 2.13. The van der Waals surface area contributed by atoms with Gasteiger partial charge in [-0.15, -0.1) is 0 Å². The number of sulfone groups is 1. The van der Waals surface area contributed by atoms with Crippen LogP contribution in [-0.2, 0) is 14.6 Å². The number of hydrogen-bond acceptors (Lipinski definition) is 4. The number of amides is 1. The monoisotopic (exact) mass is 302 g/mol. The maximum absolute atomic E-state index is 12.7. The topological polar surface area (TPSA) is 80.5 Å². The van der Waals surface area contributed by atoms with Crippen molar-refractivity contribution in [3.05, 3.63) is 0 Å². The van der Waals surface area contributed by atoms with Gasteiger partial charge in [0, 0.05) is 19.1 Å². The van der Waals surface area contributed by atoms with Crippen LogP contribution in [0, 0.1) is 0 Å². The molecular formula is C14H26N2O3S. The molecule has 1 unspecified atom stereocenters. The van der Waals surface area contributed by atoms with Gasteiger partial charge in [0.05, 0.1) is 5.75 Å². The first-order chi connectivity index (χ1) is 9.56. The van der Waals surface area contributed by atoms with E-state index < -0.39 is 15.1 Å². The van der Waals surface area contributed by atoms with E-state index in [-0.39, 0.29) is 17.7 Å². The van der Waals surface area contributed by atoms with Crippen molar-refractivity contribution in [2.75, 3.05) is 18.8 Å². The summed E-state index contributed by atoms with van der Waals surface area (Å²) in [4.78, 5) is 14.5. The largest absolute Gasteiger partial charge is 0.337 e. The van der Waals surface area contributed by atoms with E-state index in [1.807, 2.05) is 0 Å². The molecule has 116 valence electrons. The summed E-state index contributed by atoms with van der Waals surface area (Å²) in [5, 5.41) is -0.815. The lowest BCUT2D eigenvalue weighted by atomic mass is 9.93. The number of rotatable bonds is 4. The van der Waals surface area contributed by atoms with Crippen LogP contribution in [0.1, 0.15) is 51.4 Å². The summed E-state index contributed by atoms with van der Waals surface area (Å²) in [5.41, 5.74) is 5.63. The first-order valence-electron chi connectivity index (χ1n) is 7.78. The van der Waals surface area contributed by atoms with Crippen LogP contribution in [0.15, 0.2) is 0 Å². The van der Waals surface area contributed by atoms with E-state index in [0.29, 0.717) is 25.9 Å². The molecule has 1 heterocycles. The summed E-state index contributed by atoms with van der Waals surface area (Å²) in [5.74, 6) is -0.0353. The second-order valence-electron chi connectivity index (χ2n) is 5.96. The van der Waals surface area contributed by atoms with E-state index >= 15 is 0 Å². The average molecular weight is 302 g/mol. The molecule has 0 aromatic carbocycles. The van der Waals surface area contributed by atoms with Crippen molar-refractivity contribution < 1.29 is 13.2 Å². The van der Waals surface area contributed by atoms with E-state index in [9.17, 15) is 13.2 Å². The minimum absolute atomic E-state index is 0.157. The maximum Gasteiger partial charge on any atom is 0.241 e. The molecule has 1 aliphatic carbocycles. The Hall–Kier alpha value is -0.620. The smallest absolute Gasteiger partial charge is 0.241 e. The van der Waals surface area contributed by atoms with E-state index in [4.69, 9.17) is 5.73 Å². The molecule has 1 saturated heterocycles. The molecule has 5 nitrogen and oxygen atoms in total. The van der Waals surface area contributed by atoms with E-state index in [1.54, 1.807) is 4.90 Å². The maximum atomic E-state index is 12.7. The fraction of sp³-hybridized carbons (Fsp3) is 0.929. The highest BCUT2D eigenvalue weighted by Gasteiger charge is 2.39. The molecule has 0 aromatic rings. The van der Waals surface area contributed by atoms with Crippen LogP contribution in [0.2, 0.25) is 0 Å². The molecule has 1 saturated carbocycles. The Labute approximate surface area is 121 Å². The summed E-state index contributed by atoms with van der Waals surface area (Å²) in [6.07, 6.45) is 7.42. The van der Waals surface area contributed by atoms with Gasteiger partial charge in [-0.25, -0.2) is 8.42 Å². The van der Waals surface area contributed by atoms with Gasteiger partial charge in [-0.1, -0.05) is 25.7 Å². The Morgan fingerprint density at radius 1 is 1.05 bits per heavy atom. The highest BCUT2D eigenvalue weighted by Crippen LogP contribution is 2.27. The zero-order valence-corrected chi connectivity index (χ0v) is 12.9. The van der Waals surface area contributed by atoms with E-state index in [2.05, 4.69) is 0 Å². The quantitative estimate of drug-likeness (QED) is 0.842. The first kappa shape index (κ1) is 15.8. The molecule has 2 N–H and O–H groups in total. The number of nitrogens with two attached hydrogens (primary N) is 1. The Morgan fingerprint density at radius 2 is 1.70 bits per heavy atom. The lowest BCUT2D eigenvalue weighted by molar-refractivity contribution is -0.133. The van der Waals surface area contributed by atoms with Crippen LogP contribution in [0.25, 0.3) is 0 Å². The van der Waals surface area contributed by atoms with Crippen molar-refractivity contribution in [2.45, 2.75) is 62.7 Å². The Morgan fingerprint density at radius 3 is 2.30 bits per heavy atom. The van der Waals surface area contributed by atoms with Crippen molar-refractivity contribution in [2.24, 2.45) is 5.73 Å². The van der Waals surface area contributed by atoms with Gasteiger partial charge >= 0.3 is 0 Å². The molecule has 1 atom stereocenters. The summed E-state index contributed by atoms with van der Waals surface area (Å²) in [6, 6.07) is 0.192. The molecular weight excluding hydrogens is 276 g/mol. The van der Waals surface area contributed by atoms with Crippen molar-refractivity contribution in [3.63, 3.8) is 0 Å². The van der Waals surface area contributed by atoms with Gasteiger partial charge in [-0.2, -0.15) is 0 Å². The van der Waals surface area contributed by atoms with Crippen LogP contribution in [0.4, 0.5) is 0 Å². The Bertz CT molecular complexity index is 430. The fourth-order valence-electron chi connectivity index (χ4n) is 3.42. The molecule has 0 spiro atoms. The van der Waals surface area contributed by atoms with Crippen LogP contribution in [0.3, 0.4) is 0 Å². The normalized spacial score (nSPS) is 27.1. The summed E-state index contributed by atoms with van der Waals surface area (Å²) >= 11 is 0. The van der Waals surface area contributed by atoms with Gasteiger partial charge in [-0.05, 0) is 25.7 Å². The lowest BCUT2D eigenvalue weighted by Gasteiger charge is -2.37. The molecule has 1 amide bonds. The minimum atomic E-state index is -3.26. The molecule has 6 heteroatoms. The zero-order chi connectivity index (χ0) is 14.6. The second kappa shape index (κ2) is 6.89. The number of carbonyl (C=O) groups excluding carboxylic acids is 1. The molecule has 20 heavy (non-hydrogen) atoms. The fourth-order valence-corrected chi connectivity index (χ4v) is 5.28. The molecule has 2 aliphatic rings. The van der Waals surface area contributed by atoms with Crippen molar-refractivity contribution >= 4 is 15.7 Å². The van der Waals surface area contributed by atoms with Gasteiger partial charge in [0.2, 0.25) is 5.91 Å². The van der Waals surface area contributed by atoms with Gasteiger partial charge in [0.25, 0.3) is 0 Å². The second-order valence-corrected chi connectivity index (χ2v) is 8.27. The molecule has 2 fully saturated rings. The summed E-state index contributed by atoms with van der Waals surface area (Å²) < 4.78 is 24.3. The number of hydrogen-bond donors (Lipinski definition) is 1. The highest BCUT2D eigenvalue weighted by atomic mass is 32.2. The van der Waals surface area contributed by atoms with Crippen LogP contribution in [-0.4, -0.2) is 49.4 Å². The van der Waals surface area contributed by atoms with Crippen molar-refractivity contribution in [1.82, 2.24) is 4.90 Å². The van der Waals surface area contributed by atoms with Gasteiger partial charge in [0.15, 0.2) is 9.84 Å². The van der Waals surface area contributed by atoms with Gasteiger partial charge in [-0.3, -0.25) is 4.79 Å².